The van der Waals surface area contributed by atoms with Gasteiger partial charge in [0.15, 0.2) is 10.2 Å². The van der Waals surface area contributed by atoms with Gasteiger partial charge in [0.25, 0.3) is 10.0 Å². The molecule has 2 aromatic rings. The first-order valence-corrected chi connectivity index (χ1v) is 8.48. The van der Waals surface area contributed by atoms with Crippen molar-refractivity contribution in [3.63, 3.8) is 0 Å². The Morgan fingerprint density at radius 1 is 1.50 bits per heavy atom. The van der Waals surface area contributed by atoms with Crippen LogP contribution in [0.3, 0.4) is 0 Å². The van der Waals surface area contributed by atoms with Gasteiger partial charge in [0.05, 0.1) is 12.0 Å². The van der Waals surface area contributed by atoms with Crippen LogP contribution in [0.15, 0.2) is 22.9 Å². The van der Waals surface area contributed by atoms with Crippen LogP contribution in [0.4, 0.5) is 5.13 Å². The second-order valence-electron chi connectivity index (χ2n) is 4.34. The van der Waals surface area contributed by atoms with Gasteiger partial charge in [0, 0.05) is 24.7 Å². The van der Waals surface area contributed by atoms with E-state index in [2.05, 4.69) is 20.0 Å². The van der Waals surface area contributed by atoms with E-state index >= 15 is 0 Å². The van der Waals surface area contributed by atoms with Crippen LogP contribution in [0.1, 0.15) is 25.6 Å². The molecule has 110 valence electrons. The molecule has 2 rings (SSSR count). The lowest BCUT2D eigenvalue weighted by Gasteiger charge is -2.08. The van der Waals surface area contributed by atoms with Gasteiger partial charge in [-0.15, -0.1) is 11.3 Å². The van der Waals surface area contributed by atoms with Crippen LogP contribution in [0.25, 0.3) is 0 Å². The Bertz CT molecular complexity index is 677. The predicted octanol–water partition coefficient (Wildman–Crippen LogP) is 1.35. The summed E-state index contributed by atoms with van der Waals surface area (Å²) in [6.07, 6.45) is 2.88. The highest BCUT2D eigenvalue weighted by molar-refractivity contribution is 7.92. The van der Waals surface area contributed by atoms with Gasteiger partial charge >= 0.3 is 0 Å². The number of rotatable bonds is 6. The lowest BCUT2D eigenvalue weighted by molar-refractivity contribution is 0.586. The molecule has 1 unspecified atom stereocenters. The Morgan fingerprint density at radius 3 is 2.85 bits per heavy atom. The van der Waals surface area contributed by atoms with Crippen molar-refractivity contribution in [1.82, 2.24) is 19.9 Å². The highest BCUT2D eigenvalue weighted by Gasteiger charge is 2.19. The normalized spacial score (nSPS) is 13.3. The second kappa shape index (κ2) is 5.90. The smallest absolute Gasteiger partial charge is 0.282 e. The summed E-state index contributed by atoms with van der Waals surface area (Å²) in [5.41, 5.74) is 0.815. The van der Waals surface area contributed by atoms with Crippen molar-refractivity contribution < 1.29 is 8.42 Å². The Labute approximate surface area is 122 Å². The molecule has 0 aliphatic heterocycles. The second-order valence-corrected chi connectivity index (χ2v) is 6.83. The van der Waals surface area contributed by atoms with E-state index in [-0.39, 0.29) is 11.1 Å². The van der Waals surface area contributed by atoms with Crippen molar-refractivity contribution in [2.75, 3.05) is 11.3 Å². The molecular weight excluding hydrogens is 298 g/mol. The van der Waals surface area contributed by atoms with Crippen LogP contribution in [0.5, 0.6) is 0 Å². The standard InChI is InChI=1S/C11H17N5O2S2/c1-4-12-8(2)9-6-19-11(14-9)15-20(17,18)10-5-16(3)7-13-10/h5-8,12H,4H2,1-3H3,(H,14,15). The monoisotopic (exact) mass is 315 g/mol. The molecule has 0 aromatic carbocycles. The molecule has 9 heteroatoms. The Morgan fingerprint density at radius 2 is 2.25 bits per heavy atom. The van der Waals surface area contributed by atoms with Gasteiger partial charge in [-0.3, -0.25) is 4.72 Å². The summed E-state index contributed by atoms with van der Waals surface area (Å²) in [5, 5.41) is 5.39. The van der Waals surface area contributed by atoms with Crippen LogP contribution in [0.2, 0.25) is 0 Å². The summed E-state index contributed by atoms with van der Waals surface area (Å²) in [6.45, 7) is 4.82. The third-order valence-corrected chi connectivity index (χ3v) is 4.78. The molecule has 2 heterocycles. The van der Waals surface area contributed by atoms with Gasteiger partial charge in [-0.1, -0.05) is 6.92 Å². The molecule has 0 saturated heterocycles. The molecule has 0 spiro atoms. The summed E-state index contributed by atoms with van der Waals surface area (Å²) in [7, 11) is -1.96. The Balaban J connectivity index is 2.14. The quantitative estimate of drug-likeness (QED) is 0.840. The lowest BCUT2D eigenvalue weighted by Crippen LogP contribution is -2.18. The summed E-state index contributed by atoms with van der Waals surface area (Å²) >= 11 is 1.26. The summed E-state index contributed by atoms with van der Waals surface area (Å²) in [4.78, 5) is 8.11. The molecule has 0 bridgehead atoms. The zero-order chi connectivity index (χ0) is 14.8. The van der Waals surface area contributed by atoms with E-state index in [0.29, 0.717) is 5.13 Å². The fraction of sp³-hybridized carbons (Fsp3) is 0.455. The summed E-state index contributed by atoms with van der Waals surface area (Å²) in [6, 6.07) is 0.0874. The molecule has 0 aliphatic rings. The van der Waals surface area contributed by atoms with Crippen molar-refractivity contribution >= 4 is 26.5 Å². The highest BCUT2D eigenvalue weighted by atomic mass is 32.2. The van der Waals surface area contributed by atoms with Crippen LogP contribution >= 0.6 is 11.3 Å². The fourth-order valence-electron chi connectivity index (χ4n) is 1.64. The van der Waals surface area contributed by atoms with Crippen molar-refractivity contribution in [2.24, 2.45) is 7.05 Å². The Hall–Kier alpha value is -1.45. The van der Waals surface area contributed by atoms with E-state index in [1.807, 2.05) is 19.2 Å². The first-order chi connectivity index (χ1) is 9.42. The van der Waals surface area contributed by atoms with Gasteiger partial charge < -0.3 is 9.88 Å². The minimum absolute atomic E-state index is 0.0171. The topological polar surface area (TPSA) is 88.9 Å². The summed E-state index contributed by atoms with van der Waals surface area (Å²) in [5.74, 6) is 0. The largest absolute Gasteiger partial charge is 0.339 e. The van der Waals surface area contributed by atoms with E-state index < -0.39 is 10.0 Å². The number of aromatic nitrogens is 3. The van der Waals surface area contributed by atoms with Gasteiger partial charge in [-0.05, 0) is 13.5 Å². The number of sulfonamides is 1. The van der Waals surface area contributed by atoms with E-state index in [1.54, 1.807) is 11.6 Å². The molecule has 0 amide bonds. The minimum Gasteiger partial charge on any atom is -0.339 e. The fourth-order valence-corrected chi connectivity index (χ4v) is 3.68. The van der Waals surface area contributed by atoms with Crippen LogP contribution in [0, 0.1) is 0 Å². The van der Waals surface area contributed by atoms with E-state index in [0.717, 1.165) is 12.2 Å². The van der Waals surface area contributed by atoms with Crippen molar-refractivity contribution in [3.05, 3.63) is 23.6 Å². The highest BCUT2D eigenvalue weighted by Crippen LogP contribution is 2.22. The molecule has 2 aromatic heterocycles. The average molecular weight is 315 g/mol. The molecule has 1 atom stereocenters. The zero-order valence-corrected chi connectivity index (χ0v) is 13.1. The van der Waals surface area contributed by atoms with Crippen molar-refractivity contribution in [3.8, 4) is 0 Å². The molecule has 20 heavy (non-hydrogen) atoms. The molecule has 7 nitrogen and oxygen atoms in total. The van der Waals surface area contributed by atoms with Crippen LogP contribution in [-0.4, -0.2) is 29.5 Å². The van der Waals surface area contributed by atoms with Gasteiger partial charge in [0.1, 0.15) is 0 Å². The van der Waals surface area contributed by atoms with Crippen molar-refractivity contribution in [1.29, 1.82) is 0 Å². The number of imidazole rings is 1. The lowest BCUT2D eigenvalue weighted by atomic mass is 10.3. The SMILES string of the molecule is CCNC(C)c1csc(NS(=O)(=O)c2cn(C)cn2)n1. The predicted molar refractivity (Wildman–Crippen MR) is 78.2 cm³/mol. The van der Waals surface area contributed by atoms with E-state index in [4.69, 9.17) is 0 Å². The van der Waals surface area contributed by atoms with Gasteiger partial charge in [-0.25, -0.2) is 9.97 Å². The maximum absolute atomic E-state index is 12.1. The third kappa shape index (κ3) is 3.35. The molecule has 0 aliphatic carbocycles. The van der Waals surface area contributed by atoms with Gasteiger partial charge in [0.2, 0.25) is 0 Å². The zero-order valence-electron chi connectivity index (χ0n) is 11.5. The molecule has 0 fully saturated rings. The first-order valence-electron chi connectivity index (χ1n) is 6.12. The maximum atomic E-state index is 12.1. The van der Waals surface area contributed by atoms with E-state index in [9.17, 15) is 8.42 Å². The molecule has 0 radical (unpaired) electrons. The average Bonchev–Trinajstić information content (AvgIpc) is 2.98. The minimum atomic E-state index is -3.67. The molecule has 2 N–H and O–H groups in total. The number of nitrogens with zero attached hydrogens (tertiary/aromatic N) is 3. The molecular formula is C11H17N5O2S2. The number of nitrogens with one attached hydrogen (secondary N) is 2. The number of anilines is 1. The number of hydrogen-bond donors (Lipinski definition) is 2. The van der Waals surface area contributed by atoms with Crippen LogP contribution < -0.4 is 10.0 Å². The number of aryl methyl sites for hydroxylation is 1. The van der Waals surface area contributed by atoms with Gasteiger partial charge in [-0.2, -0.15) is 8.42 Å². The van der Waals surface area contributed by atoms with Crippen LogP contribution in [-0.2, 0) is 17.1 Å². The molecule has 0 saturated carbocycles. The summed E-state index contributed by atoms with van der Waals surface area (Å²) < 4.78 is 28.2. The van der Waals surface area contributed by atoms with E-state index in [1.165, 1.54) is 23.9 Å². The maximum Gasteiger partial charge on any atom is 0.282 e. The Kier molecular flexibility index (Phi) is 4.41. The third-order valence-electron chi connectivity index (χ3n) is 2.65. The number of hydrogen-bond acceptors (Lipinski definition) is 6. The number of thiazole rings is 1. The first kappa shape index (κ1) is 14.9. The van der Waals surface area contributed by atoms with Crippen molar-refractivity contribution in [2.45, 2.75) is 24.9 Å².